The molecule has 120 valence electrons. The van der Waals surface area contributed by atoms with Gasteiger partial charge in [0.05, 0.1) is 18.6 Å². The largest absolute Gasteiger partial charge is 0.394 e. The molecule has 0 spiro atoms. The molecule has 0 unspecified atom stereocenters. The summed E-state index contributed by atoms with van der Waals surface area (Å²) in [5, 5.41) is 29.2. The quantitative estimate of drug-likeness (QED) is 0.664. The number of imidazole rings is 1. The monoisotopic (exact) mass is 326 g/mol. The predicted molar refractivity (Wildman–Crippen MR) is 80.4 cm³/mol. The van der Waals surface area contributed by atoms with Crippen molar-refractivity contribution in [2.24, 2.45) is 0 Å². The Morgan fingerprint density at radius 2 is 2.09 bits per heavy atom. The first-order valence-corrected chi connectivity index (χ1v) is 8.34. The van der Waals surface area contributed by atoms with E-state index in [9.17, 15) is 15.3 Å². The zero-order chi connectivity index (χ0) is 15.7. The number of nitrogens with zero attached hydrogens (tertiary/aromatic N) is 4. The van der Waals surface area contributed by atoms with E-state index in [0.717, 1.165) is 17.9 Å². The van der Waals surface area contributed by atoms with Crippen LogP contribution in [0.25, 0.3) is 11.2 Å². The van der Waals surface area contributed by atoms with E-state index in [2.05, 4.69) is 15.0 Å². The van der Waals surface area contributed by atoms with Crippen LogP contribution >= 0.6 is 11.8 Å². The molecule has 1 aliphatic rings. The number of rotatable bonds is 5. The molecule has 8 nitrogen and oxygen atoms in total. The summed E-state index contributed by atoms with van der Waals surface area (Å²) in [5.41, 5.74) is 2.04. The Kier molecular flexibility index (Phi) is 4.59. The summed E-state index contributed by atoms with van der Waals surface area (Å²) in [5.74, 6) is 0.923. The summed E-state index contributed by atoms with van der Waals surface area (Å²) < 4.78 is 7.09. The predicted octanol–water partition coefficient (Wildman–Crippen LogP) is -0.657. The van der Waals surface area contributed by atoms with Gasteiger partial charge in [-0.25, -0.2) is 15.0 Å². The lowest BCUT2D eigenvalue weighted by molar-refractivity contribution is -0.0511. The van der Waals surface area contributed by atoms with Gasteiger partial charge in [-0.3, -0.25) is 4.57 Å². The second kappa shape index (κ2) is 6.47. The lowest BCUT2D eigenvalue weighted by Crippen LogP contribution is -2.33. The Morgan fingerprint density at radius 1 is 1.27 bits per heavy atom. The average Bonchev–Trinajstić information content (AvgIpc) is 3.08. The summed E-state index contributed by atoms with van der Waals surface area (Å²) in [6.45, 7) is -0.366. The lowest BCUT2D eigenvalue weighted by Gasteiger charge is -2.16. The molecule has 3 heterocycles. The molecule has 0 saturated carbocycles. The van der Waals surface area contributed by atoms with Crippen molar-refractivity contribution in [2.75, 3.05) is 18.6 Å². The molecule has 1 fully saturated rings. The number of aliphatic hydroxyl groups excluding tert-OH is 3. The average molecular weight is 326 g/mol. The number of fused-ring (bicyclic) bond motifs is 1. The number of hydrogen-bond acceptors (Lipinski definition) is 8. The number of thioether (sulfide) groups is 1. The molecule has 3 N–H and O–H groups in total. The zero-order valence-corrected chi connectivity index (χ0v) is 12.8. The summed E-state index contributed by atoms with van der Waals surface area (Å²) in [6, 6.07) is 0. The fourth-order valence-corrected chi connectivity index (χ4v) is 2.98. The number of aliphatic hydroxyl groups is 3. The molecule has 0 aromatic carbocycles. The van der Waals surface area contributed by atoms with Crippen molar-refractivity contribution in [3.8, 4) is 0 Å². The molecule has 3 rings (SSSR count). The van der Waals surface area contributed by atoms with Gasteiger partial charge in [0.2, 0.25) is 0 Å². The first kappa shape index (κ1) is 15.6. The van der Waals surface area contributed by atoms with Crippen LogP contribution in [0.5, 0.6) is 0 Å². The summed E-state index contributed by atoms with van der Waals surface area (Å²) in [6.07, 6.45) is 1.81. The van der Waals surface area contributed by atoms with Crippen molar-refractivity contribution in [3.05, 3.63) is 18.3 Å². The molecule has 0 radical (unpaired) electrons. The van der Waals surface area contributed by atoms with E-state index in [-0.39, 0.29) is 6.61 Å². The number of aromatic nitrogens is 4. The molecule has 9 heteroatoms. The second-order valence-electron chi connectivity index (χ2n) is 5.12. The Labute approximate surface area is 131 Å². The fraction of sp³-hybridized carbons (Fsp3) is 0.615. The minimum Gasteiger partial charge on any atom is -0.394 e. The third-order valence-corrected chi connectivity index (χ3v) is 4.38. The van der Waals surface area contributed by atoms with Gasteiger partial charge >= 0.3 is 0 Å². The smallest absolute Gasteiger partial charge is 0.165 e. The topological polar surface area (TPSA) is 114 Å². The van der Waals surface area contributed by atoms with Crippen molar-refractivity contribution in [1.29, 1.82) is 0 Å². The van der Waals surface area contributed by atoms with Gasteiger partial charge in [0.1, 0.15) is 30.2 Å². The highest BCUT2D eigenvalue weighted by atomic mass is 32.2. The highest BCUT2D eigenvalue weighted by Crippen LogP contribution is 2.31. The first-order valence-electron chi connectivity index (χ1n) is 6.95. The van der Waals surface area contributed by atoms with E-state index in [1.165, 1.54) is 12.7 Å². The van der Waals surface area contributed by atoms with Crippen molar-refractivity contribution in [1.82, 2.24) is 19.5 Å². The Bertz CT molecular complexity index is 652. The van der Waals surface area contributed by atoms with Crippen molar-refractivity contribution in [2.45, 2.75) is 31.0 Å². The van der Waals surface area contributed by atoms with Gasteiger partial charge in [-0.15, -0.1) is 0 Å². The maximum absolute atomic E-state index is 10.1. The van der Waals surface area contributed by atoms with Crippen molar-refractivity contribution in [3.63, 3.8) is 0 Å². The van der Waals surface area contributed by atoms with Gasteiger partial charge in [0.15, 0.2) is 11.9 Å². The molecule has 0 bridgehead atoms. The number of hydrogen-bond donors (Lipinski definition) is 3. The van der Waals surface area contributed by atoms with E-state index in [4.69, 9.17) is 4.74 Å². The Balaban J connectivity index is 1.95. The Hall–Kier alpha value is -1.26. The molecule has 4 atom stereocenters. The standard InChI is InChI=1S/C13H18N4O4S/c1-22-3-2-7-9-12(15-5-14-7)17(6-16-9)13-11(20)10(19)8(4-18)21-13/h5-6,8,10-11,13,18-20H,2-4H2,1H3/t8-,10-,11-,13-/m1/s1. The SMILES string of the molecule is CSCCc1ncnc2c1ncn2[C@@H]1O[C@H](CO)[C@@H](O)[C@H]1O. The number of aryl methyl sites for hydroxylation is 1. The van der Waals surface area contributed by atoms with Gasteiger partial charge in [0, 0.05) is 6.42 Å². The van der Waals surface area contributed by atoms with Crippen molar-refractivity contribution >= 4 is 22.9 Å². The molecule has 2 aromatic heterocycles. The first-order chi connectivity index (χ1) is 10.7. The van der Waals surface area contributed by atoms with Crippen LogP contribution in [0.4, 0.5) is 0 Å². The third kappa shape index (κ3) is 2.59. The third-order valence-electron chi connectivity index (χ3n) is 3.77. The highest BCUT2D eigenvalue weighted by molar-refractivity contribution is 7.98. The maximum atomic E-state index is 10.1. The minimum atomic E-state index is -1.15. The van der Waals surface area contributed by atoms with E-state index >= 15 is 0 Å². The van der Waals surface area contributed by atoms with Crippen LogP contribution in [0.15, 0.2) is 12.7 Å². The normalized spacial score (nSPS) is 28.5. The van der Waals surface area contributed by atoms with E-state index in [0.29, 0.717) is 11.2 Å². The maximum Gasteiger partial charge on any atom is 0.165 e. The van der Waals surface area contributed by atoms with E-state index in [1.54, 1.807) is 16.3 Å². The van der Waals surface area contributed by atoms with Crippen LogP contribution < -0.4 is 0 Å². The zero-order valence-electron chi connectivity index (χ0n) is 12.0. The molecule has 0 amide bonds. The van der Waals surface area contributed by atoms with Crippen LogP contribution in [0.3, 0.4) is 0 Å². The van der Waals surface area contributed by atoms with Crippen LogP contribution in [-0.2, 0) is 11.2 Å². The van der Waals surface area contributed by atoms with E-state index < -0.39 is 24.5 Å². The van der Waals surface area contributed by atoms with Gasteiger partial charge in [-0.1, -0.05) is 0 Å². The fourth-order valence-electron chi connectivity index (χ4n) is 2.58. The molecular formula is C13H18N4O4S. The summed E-state index contributed by atoms with van der Waals surface area (Å²) in [4.78, 5) is 12.8. The minimum absolute atomic E-state index is 0.366. The van der Waals surface area contributed by atoms with Crippen LogP contribution in [0.1, 0.15) is 11.9 Å². The molecule has 22 heavy (non-hydrogen) atoms. The van der Waals surface area contributed by atoms with Crippen LogP contribution in [0.2, 0.25) is 0 Å². The molecule has 0 aliphatic carbocycles. The van der Waals surface area contributed by atoms with Crippen LogP contribution in [0, 0.1) is 0 Å². The van der Waals surface area contributed by atoms with Gasteiger partial charge in [-0.2, -0.15) is 11.8 Å². The van der Waals surface area contributed by atoms with Crippen molar-refractivity contribution < 1.29 is 20.1 Å². The van der Waals surface area contributed by atoms with Crippen LogP contribution in [-0.4, -0.2) is 71.8 Å². The van der Waals surface area contributed by atoms with Gasteiger partial charge < -0.3 is 20.1 Å². The molecule has 2 aromatic rings. The Morgan fingerprint density at radius 3 is 2.77 bits per heavy atom. The van der Waals surface area contributed by atoms with E-state index in [1.807, 2.05) is 6.26 Å². The van der Waals surface area contributed by atoms with Gasteiger partial charge in [0.25, 0.3) is 0 Å². The highest BCUT2D eigenvalue weighted by Gasteiger charge is 2.43. The van der Waals surface area contributed by atoms with Gasteiger partial charge in [-0.05, 0) is 12.0 Å². The number of ether oxygens (including phenoxy) is 1. The summed E-state index contributed by atoms with van der Waals surface area (Å²) >= 11 is 1.72. The molecule has 1 saturated heterocycles. The molecular weight excluding hydrogens is 308 g/mol. The lowest BCUT2D eigenvalue weighted by atomic mass is 10.1. The summed E-state index contributed by atoms with van der Waals surface area (Å²) in [7, 11) is 0. The molecule has 1 aliphatic heterocycles. The second-order valence-corrected chi connectivity index (χ2v) is 6.10.